The first-order valence-corrected chi connectivity index (χ1v) is 11.1. The van der Waals surface area contributed by atoms with Crippen molar-refractivity contribution in [3.05, 3.63) is 65.2 Å². The number of benzene rings is 2. The summed E-state index contributed by atoms with van der Waals surface area (Å²) in [4.78, 5) is 23.2. The van der Waals surface area contributed by atoms with Gasteiger partial charge in [-0.05, 0) is 44.0 Å². The van der Waals surface area contributed by atoms with E-state index in [-0.39, 0.29) is 13.2 Å². The standard InChI is InChI=1S/C25H34N2O8/c1-24(2,35-21(22(30)26-4)20(29)23(31)32)27-15-25(3,33)18-10-11-19(17(12-18)13-28)34-14-16-8-6-5-7-9-16/h5-12,20-21,27-29,33H,13-15H2,1-4H3,(H,26,30)(H,31,32)/t20?,21?,25-/m1/s1. The monoisotopic (exact) mass is 490 g/mol. The number of rotatable bonds is 13. The molecule has 0 aliphatic rings. The number of carbonyl (C=O) groups is 2. The fourth-order valence-electron chi connectivity index (χ4n) is 3.29. The van der Waals surface area contributed by atoms with Crippen LogP contribution in [0.15, 0.2) is 48.5 Å². The highest BCUT2D eigenvalue weighted by molar-refractivity contribution is 5.87. The summed E-state index contributed by atoms with van der Waals surface area (Å²) in [7, 11) is 1.30. The number of aliphatic carboxylic acids is 1. The third kappa shape index (κ3) is 8.01. The Morgan fingerprint density at radius 3 is 2.31 bits per heavy atom. The molecule has 3 atom stereocenters. The van der Waals surface area contributed by atoms with E-state index < -0.39 is 35.4 Å². The summed E-state index contributed by atoms with van der Waals surface area (Å²) in [5.41, 5.74) is -0.766. The molecule has 0 heterocycles. The van der Waals surface area contributed by atoms with Gasteiger partial charge in [-0.25, -0.2) is 4.79 Å². The molecule has 0 aliphatic carbocycles. The van der Waals surface area contributed by atoms with E-state index in [1.165, 1.54) is 20.9 Å². The number of likely N-dealkylation sites (N-methyl/N-ethyl adjacent to an activating group) is 1. The van der Waals surface area contributed by atoms with Gasteiger partial charge in [-0.15, -0.1) is 0 Å². The third-order valence-electron chi connectivity index (χ3n) is 5.41. The molecule has 2 unspecified atom stereocenters. The Bertz CT molecular complexity index is 994. The summed E-state index contributed by atoms with van der Waals surface area (Å²) in [5, 5.41) is 45.1. The molecule has 1 amide bonds. The van der Waals surface area contributed by atoms with Crippen LogP contribution in [0, 0.1) is 0 Å². The van der Waals surface area contributed by atoms with Crippen LogP contribution in [-0.2, 0) is 33.1 Å². The van der Waals surface area contributed by atoms with E-state index in [2.05, 4.69) is 10.6 Å². The zero-order valence-corrected chi connectivity index (χ0v) is 20.3. The number of aliphatic hydroxyl groups is 3. The molecule has 0 radical (unpaired) electrons. The maximum Gasteiger partial charge on any atom is 0.335 e. The van der Waals surface area contributed by atoms with E-state index >= 15 is 0 Å². The van der Waals surface area contributed by atoms with Gasteiger partial charge in [-0.2, -0.15) is 0 Å². The molecule has 0 spiro atoms. The van der Waals surface area contributed by atoms with Gasteiger partial charge in [0.2, 0.25) is 0 Å². The van der Waals surface area contributed by atoms with Gasteiger partial charge < -0.3 is 35.2 Å². The predicted molar refractivity (Wildman–Crippen MR) is 127 cm³/mol. The zero-order chi connectivity index (χ0) is 26.2. The van der Waals surface area contributed by atoms with Crippen LogP contribution in [0.2, 0.25) is 0 Å². The average molecular weight is 491 g/mol. The molecule has 0 bridgehead atoms. The Labute approximate surface area is 204 Å². The predicted octanol–water partition coefficient (Wildman–Crippen LogP) is 0.868. The van der Waals surface area contributed by atoms with E-state index in [9.17, 15) is 24.9 Å². The molecule has 2 aromatic carbocycles. The molecule has 10 heteroatoms. The smallest absolute Gasteiger partial charge is 0.335 e. The lowest BCUT2D eigenvalue weighted by Crippen LogP contribution is -2.55. The maximum atomic E-state index is 12.0. The molecule has 0 aliphatic heterocycles. The number of hydrogen-bond acceptors (Lipinski definition) is 8. The van der Waals surface area contributed by atoms with E-state index in [1.807, 2.05) is 30.3 Å². The topological polar surface area (TPSA) is 158 Å². The third-order valence-corrected chi connectivity index (χ3v) is 5.41. The lowest BCUT2D eigenvalue weighted by Gasteiger charge is -2.35. The van der Waals surface area contributed by atoms with Crippen molar-refractivity contribution in [3.8, 4) is 5.75 Å². The van der Waals surface area contributed by atoms with Crippen LogP contribution in [0.5, 0.6) is 5.75 Å². The van der Waals surface area contributed by atoms with Gasteiger partial charge in [0.1, 0.15) is 18.1 Å². The van der Waals surface area contributed by atoms with Crippen molar-refractivity contribution in [3.63, 3.8) is 0 Å². The largest absolute Gasteiger partial charge is 0.489 e. The molecule has 0 saturated carbocycles. The first kappa shape index (κ1) is 28.2. The zero-order valence-electron chi connectivity index (χ0n) is 20.3. The van der Waals surface area contributed by atoms with Crippen LogP contribution in [0.4, 0.5) is 0 Å². The van der Waals surface area contributed by atoms with Gasteiger partial charge in [0.05, 0.1) is 12.2 Å². The minimum atomic E-state index is -2.08. The summed E-state index contributed by atoms with van der Waals surface area (Å²) < 4.78 is 11.4. The number of carbonyl (C=O) groups excluding carboxylic acids is 1. The summed E-state index contributed by atoms with van der Waals surface area (Å²) in [6, 6.07) is 14.6. The van der Waals surface area contributed by atoms with Crippen LogP contribution >= 0.6 is 0 Å². The number of aliphatic hydroxyl groups excluding tert-OH is 2. The Morgan fingerprint density at radius 1 is 1.09 bits per heavy atom. The molecule has 35 heavy (non-hydrogen) atoms. The van der Waals surface area contributed by atoms with Crippen molar-refractivity contribution in [1.29, 1.82) is 0 Å². The number of carboxylic acids is 1. The molecule has 0 saturated heterocycles. The van der Waals surface area contributed by atoms with Crippen molar-refractivity contribution in [1.82, 2.24) is 10.6 Å². The number of amides is 1. The summed E-state index contributed by atoms with van der Waals surface area (Å²) >= 11 is 0. The van der Waals surface area contributed by atoms with Gasteiger partial charge in [0.25, 0.3) is 5.91 Å². The van der Waals surface area contributed by atoms with Crippen molar-refractivity contribution >= 4 is 11.9 Å². The number of hydrogen-bond donors (Lipinski definition) is 6. The van der Waals surface area contributed by atoms with Gasteiger partial charge in [0.15, 0.2) is 12.2 Å². The molecule has 0 fully saturated rings. The fourth-order valence-corrected chi connectivity index (χ4v) is 3.29. The average Bonchev–Trinajstić information content (AvgIpc) is 2.84. The van der Waals surface area contributed by atoms with Crippen LogP contribution in [0.3, 0.4) is 0 Å². The van der Waals surface area contributed by atoms with Gasteiger partial charge in [0, 0.05) is 19.2 Å². The van der Waals surface area contributed by atoms with Crippen molar-refractivity contribution < 1.29 is 39.5 Å². The molecule has 10 nitrogen and oxygen atoms in total. The van der Waals surface area contributed by atoms with Gasteiger partial charge in [-0.3, -0.25) is 10.1 Å². The molecule has 192 valence electrons. The van der Waals surface area contributed by atoms with Crippen molar-refractivity contribution in [2.45, 2.75) is 57.5 Å². The Morgan fingerprint density at radius 2 is 1.74 bits per heavy atom. The van der Waals surface area contributed by atoms with Crippen molar-refractivity contribution in [2.24, 2.45) is 0 Å². The van der Waals surface area contributed by atoms with E-state index in [0.29, 0.717) is 23.5 Å². The summed E-state index contributed by atoms with van der Waals surface area (Å²) in [6.45, 7) is 4.60. The summed E-state index contributed by atoms with van der Waals surface area (Å²) in [5.74, 6) is -1.92. The SMILES string of the molecule is CNC(=O)C(OC(C)(C)NC[C@@](C)(O)c1ccc(OCc2ccccc2)c(CO)c1)C(O)C(=O)O. The number of nitrogens with one attached hydrogen (secondary N) is 2. The Hall–Kier alpha value is -3.02. The first-order chi connectivity index (χ1) is 16.4. The lowest BCUT2D eigenvalue weighted by atomic mass is 9.93. The highest BCUT2D eigenvalue weighted by Crippen LogP contribution is 2.28. The number of ether oxygens (including phenoxy) is 2. The van der Waals surface area contributed by atoms with E-state index in [0.717, 1.165) is 5.56 Å². The van der Waals surface area contributed by atoms with Gasteiger partial charge in [-0.1, -0.05) is 36.4 Å². The Kier molecular flexibility index (Phi) is 9.75. The van der Waals surface area contributed by atoms with E-state index in [4.69, 9.17) is 14.6 Å². The van der Waals surface area contributed by atoms with E-state index in [1.54, 1.807) is 25.1 Å². The quantitative estimate of drug-likeness (QED) is 0.224. The second-order valence-electron chi connectivity index (χ2n) is 8.83. The molecule has 0 aromatic heterocycles. The summed E-state index contributed by atoms with van der Waals surface area (Å²) in [6.07, 6.45) is -3.75. The minimum Gasteiger partial charge on any atom is -0.489 e. The Balaban J connectivity index is 2.10. The van der Waals surface area contributed by atoms with Crippen LogP contribution in [0.25, 0.3) is 0 Å². The maximum absolute atomic E-state index is 12.0. The normalized spacial score (nSPS) is 15.1. The highest BCUT2D eigenvalue weighted by Gasteiger charge is 2.38. The highest BCUT2D eigenvalue weighted by atomic mass is 16.5. The van der Waals surface area contributed by atoms with Crippen LogP contribution in [-0.4, -0.2) is 63.8 Å². The number of carboxylic acid groups (broad SMARTS) is 1. The first-order valence-electron chi connectivity index (χ1n) is 11.1. The molecule has 2 aromatic rings. The second kappa shape index (κ2) is 12.1. The second-order valence-corrected chi connectivity index (χ2v) is 8.83. The lowest BCUT2D eigenvalue weighted by molar-refractivity contribution is -0.179. The molecule has 6 N–H and O–H groups in total. The van der Waals surface area contributed by atoms with Crippen LogP contribution < -0.4 is 15.4 Å². The van der Waals surface area contributed by atoms with Crippen molar-refractivity contribution in [2.75, 3.05) is 13.6 Å². The fraction of sp³-hybridized carbons (Fsp3) is 0.440. The molecular weight excluding hydrogens is 456 g/mol. The minimum absolute atomic E-state index is 0.0568. The molecule has 2 rings (SSSR count). The molecular formula is C25H34N2O8. The van der Waals surface area contributed by atoms with Crippen LogP contribution in [0.1, 0.15) is 37.5 Å². The van der Waals surface area contributed by atoms with Gasteiger partial charge >= 0.3 is 5.97 Å².